The molecule has 0 heterocycles. The van der Waals surface area contributed by atoms with E-state index in [9.17, 15) is 9.90 Å². The lowest BCUT2D eigenvalue weighted by Gasteiger charge is -2.09. The van der Waals surface area contributed by atoms with E-state index in [1.54, 1.807) is 49.4 Å². The molecule has 0 spiro atoms. The van der Waals surface area contributed by atoms with E-state index in [0.717, 1.165) is 5.56 Å². The van der Waals surface area contributed by atoms with Crippen molar-refractivity contribution in [2.45, 2.75) is 13.5 Å². The van der Waals surface area contributed by atoms with Gasteiger partial charge in [0.1, 0.15) is 11.5 Å². The van der Waals surface area contributed by atoms with E-state index < -0.39 is 0 Å². The molecule has 4 heteroatoms. The second kappa shape index (κ2) is 5.44. The van der Waals surface area contributed by atoms with Gasteiger partial charge < -0.3 is 15.5 Å². The Bertz CT molecular complexity index is 591. The van der Waals surface area contributed by atoms with Gasteiger partial charge in [0.25, 0.3) is 5.91 Å². The van der Waals surface area contributed by atoms with E-state index in [1.165, 1.54) is 0 Å². The maximum atomic E-state index is 12.0. The highest BCUT2D eigenvalue weighted by Crippen LogP contribution is 2.19. The lowest BCUT2D eigenvalue weighted by Crippen LogP contribution is -2.23. The number of benzene rings is 2. The Morgan fingerprint density at radius 1 is 1.11 bits per heavy atom. The van der Waals surface area contributed by atoms with Crippen LogP contribution in [0.3, 0.4) is 0 Å². The molecule has 0 aromatic heterocycles. The van der Waals surface area contributed by atoms with Gasteiger partial charge in [-0.1, -0.05) is 18.2 Å². The Kier molecular flexibility index (Phi) is 3.71. The van der Waals surface area contributed by atoms with Crippen molar-refractivity contribution < 1.29 is 15.0 Å². The van der Waals surface area contributed by atoms with Crippen LogP contribution in [0.5, 0.6) is 11.5 Å². The lowest BCUT2D eigenvalue weighted by atomic mass is 10.1. The summed E-state index contributed by atoms with van der Waals surface area (Å²) in [6.07, 6.45) is 0. The van der Waals surface area contributed by atoms with Crippen LogP contribution in [0.15, 0.2) is 42.5 Å². The fourth-order valence-corrected chi connectivity index (χ4v) is 1.76. The number of hydrogen-bond donors (Lipinski definition) is 3. The molecular weight excluding hydrogens is 242 g/mol. The first-order valence-corrected chi connectivity index (χ1v) is 5.92. The van der Waals surface area contributed by atoms with Gasteiger partial charge in [0.2, 0.25) is 0 Å². The van der Waals surface area contributed by atoms with Gasteiger partial charge in [-0.3, -0.25) is 4.79 Å². The van der Waals surface area contributed by atoms with Crippen LogP contribution in [-0.2, 0) is 6.54 Å². The fourth-order valence-electron chi connectivity index (χ4n) is 1.76. The molecule has 98 valence electrons. The summed E-state index contributed by atoms with van der Waals surface area (Å²) >= 11 is 0. The third-order valence-corrected chi connectivity index (χ3v) is 2.94. The predicted octanol–water partition coefficient (Wildman–Crippen LogP) is 2.34. The summed E-state index contributed by atoms with van der Waals surface area (Å²) in [6, 6.07) is 11.5. The largest absolute Gasteiger partial charge is 0.508 e. The lowest BCUT2D eigenvalue weighted by molar-refractivity contribution is 0.0950. The molecule has 3 N–H and O–H groups in total. The van der Waals surface area contributed by atoms with Crippen molar-refractivity contribution in [1.82, 2.24) is 5.32 Å². The number of nitrogens with one attached hydrogen (secondary N) is 1. The maximum absolute atomic E-state index is 12.0. The standard InChI is InChI=1S/C15H15NO3/c1-10-13(3-2-4-14(10)18)15(19)16-9-11-5-7-12(17)8-6-11/h2-8,17-18H,9H2,1H3,(H,16,19). The molecule has 0 fully saturated rings. The van der Waals surface area contributed by atoms with Crippen molar-refractivity contribution in [3.63, 3.8) is 0 Å². The van der Waals surface area contributed by atoms with Crippen LogP contribution in [0.25, 0.3) is 0 Å². The van der Waals surface area contributed by atoms with Crippen molar-refractivity contribution in [3.8, 4) is 11.5 Å². The zero-order valence-electron chi connectivity index (χ0n) is 10.6. The molecule has 0 atom stereocenters. The summed E-state index contributed by atoms with van der Waals surface area (Å²) in [7, 11) is 0. The van der Waals surface area contributed by atoms with Crippen LogP contribution < -0.4 is 5.32 Å². The van der Waals surface area contributed by atoms with Gasteiger partial charge in [0, 0.05) is 17.7 Å². The molecule has 1 amide bonds. The molecule has 0 saturated heterocycles. The zero-order valence-corrected chi connectivity index (χ0v) is 10.6. The monoisotopic (exact) mass is 257 g/mol. The molecule has 0 unspecified atom stereocenters. The summed E-state index contributed by atoms with van der Waals surface area (Å²) in [4.78, 5) is 12.0. The number of carbonyl (C=O) groups is 1. The minimum atomic E-state index is -0.235. The average molecular weight is 257 g/mol. The zero-order chi connectivity index (χ0) is 13.8. The molecule has 2 aromatic carbocycles. The van der Waals surface area contributed by atoms with Crippen LogP contribution in [-0.4, -0.2) is 16.1 Å². The first kappa shape index (κ1) is 13.0. The fraction of sp³-hybridized carbons (Fsp3) is 0.133. The summed E-state index contributed by atoms with van der Waals surface area (Å²) < 4.78 is 0. The molecule has 19 heavy (non-hydrogen) atoms. The second-order valence-electron chi connectivity index (χ2n) is 4.30. The van der Waals surface area contributed by atoms with E-state index in [4.69, 9.17) is 5.11 Å². The first-order valence-electron chi connectivity index (χ1n) is 5.92. The van der Waals surface area contributed by atoms with Crippen LogP contribution >= 0.6 is 0 Å². The predicted molar refractivity (Wildman–Crippen MR) is 72.1 cm³/mol. The molecule has 0 saturated carbocycles. The van der Waals surface area contributed by atoms with E-state index in [2.05, 4.69) is 5.32 Å². The number of hydrogen-bond acceptors (Lipinski definition) is 3. The quantitative estimate of drug-likeness (QED) is 0.790. The highest BCUT2D eigenvalue weighted by molar-refractivity contribution is 5.96. The SMILES string of the molecule is Cc1c(O)cccc1C(=O)NCc1ccc(O)cc1. The normalized spacial score (nSPS) is 10.2. The molecule has 0 aliphatic rings. The highest BCUT2D eigenvalue weighted by atomic mass is 16.3. The van der Waals surface area contributed by atoms with E-state index in [1.807, 2.05) is 0 Å². The van der Waals surface area contributed by atoms with Gasteiger partial charge in [-0.25, -0.2) is 0 Å². The Morgan fingerprint density at radius 2 is 1.79 bits per heavy atom. The topological polar surface area (TPSA) is 69.6 Å². The Hall–Kier alpha value is -2.49. The molecule has 2 aromatic rings. The van der Waals surface area contributed by atoms with Crippen LogP contribution in [0, 0.1) is 6.92 Å². The van der Waals surface area contributed by atoms with E-state index in [0.29, 0.717) is 17.7 Å². The Labute approximate surface area is 111 Å². The third-order valence-electron chi connectivity index (χ3n) is 2.94. The van der Waals surface area contributed by atoms with Gasteiger partial charge >= 0.3 is 0 Å². The highest BCUT2D eigenvalue weighted by Gasteiger charge is 2.10. The van der Waals surface area contributed by atoms with Crippen molar-refractivity contribution in [1.29, 1.82) is 0 Å². The van der Waals surface area contributed by atoms with Gasteiger partial charge in [0.05, 0.1) is 0 Å². The first-order chi connectivity index (χ1) is 9.08. The van der Waals surface area contributed by atoms with Crippen molar-refractivity contribution in [2.24, 2.45) is 0 Å². The number of phenolic OH excluding ortho intramolecular Hbond substituents is 2. The summed E-state index contributed by atoms with van der Waals surface area (Å²) in [6.45, 7) is 2.07. The molecular formula is C15H15NO3. The van der Waals surface area contributed by atoms with Gasteiger partial charge in [0.15, 0.2) is 0 Å². The summed E-state index contributed by atoms with van der Waals surface area (Å²) in [5.74, 6) is 0.0673. The molecule has 0 bridgehead atoms. The minimum absolute atomic E-state index is 0.109. The molecule has 4 nitrogen and oxygen atoms in total. The molecule has 0 radical (unpaired) electrons. The van der Waals surface area contributed by atoms with Crippen LogP contribution in [0.4, 0.5) is 0 Å². The average Bonchev–Trinajstić information content (AvgIpc) is 2.41. The van der Waals surface area contributed by atoms with Crippen molar-refractivity contribution >= 4 is 5.91 Å². The molecule has 0 aliphatic heterocycles. The minimum Gasteiger partial charge on any atom is -0.508 e. The third kappa shape index (κ3) is 3.04. The Balaban J connectivity index is 2.05. The molecule has 2 rings (SSSR count). The molecule has 0 aliphatic carbocycles. The number of aromatic hydroxyl groups is 2. The van der Waals surface area contributed by atoms with Crippen molar-refractivity contribution in [2.75, 3.05) is 0 Å². The number of rotatable bonds is 3. The summed E-state index contributed by atoms with van der Waals surface area (Å²) in [5, 5.41) is 21.5. The number of amides is 1. The Morgan fingerprint density at radius 3 is 2.47 bits per heavy atom. The van der Waals surface area contributed by atoms with Gasteiger partial charge in [-0.15, -0.1) is 0 Å². The maximum Gasteiger partial charge on any atom is 0.251 e. The van der Waals surface area contributed by atoms with E-state index >= 15 is 0 Å². The van der Waals surface area contributed by atoms with Crippen LogP contribution in [0.2, 0.25) is 0 Å². The number of phenols is 2. The summed E-state index contributed by atoms with van der Waals surface area (Å²) in [5.41, 5.74) is 1.91. The van der Waals surface area contributed by atoms with Crippen molar-refractivity contribution in [3.05, 3.63) is 59.2 Å². The van der Waals surface area contributed by atoms with Crippen LogP contribution in [0.1, 0.15) is 21.5 Å². The second-order valence-corrected chi connectivity index (χ2v) is 4.30. The van der Waals surface area contributed by atoms with Gasteiger partial charge in [-0.05, 0) is 36.8 Å². The number of carbonyl (C=O) groups excluding carboxylic acids is 1. The smallest absolute Gasteiger partial charge is 0.251 e. The van der Waals surface area contributed by atoms with Gasteiger partial charge in [-0.2, -0.15) is 0 Å². The van der Waals surface area contributed by atoms with E-state index in [-0.39, 0.29) is 17.4 Å².